The largest absolute Gasteiger partial charge is 0.493 e. The van der Waals surface area contributed by atoms with Gasteiger partial charge in [0.15, 0.2) is 5.56 Å². The fraction of sp³-hybridized carbons (Fsp3) is 0.462. The molecule has 6 nitrogen and oxygen atoms in total. The summed E-state index contributed by atoms with van der Waals surface area (Å²) in [6.45, 7) is 6.76. The van der Waals surface area contributed by atoms with Gasteiger partial charge in [-0.25, -0.2) is 0 Å². The van der Waals surface area contributed by atoms with Crippen LogP contribution in [0, 0.1) is 10.1 Å². The number of amides is 1. The molecule has 1 amide bonds. The normalized spacial score (nSPS) is 10.1. The Morgan fingerprint density at radius 1 is 1.32 bits per heavy atom. The Bertz CT molecular complexity index is 470. The van der Waals surface area contributed by atoms with Crippen molar-refractivity contribution in [3.8, 4) is 5.75 Å². The molecule has 0 heterocycles. The van der Waals surface area contributed by atoms with Gasteiger partial charge in [0.05, 0.1) is 11.5 Å². The number of nitro benzene ring substituents is 1. The fourth-order valence-electron chi connectivity index (χ4n) is 1.83. The van der Waals surface area contributed by atoms with Crippen molar-refractivity contribution in [3.63, 3.8) is 0 Å². The maximum absolute atomic E-state index is 12.4. The topological polar surface area (TPSA) is 72.7 Å². The first-order valence-corrected chi connectivity index (χ1v) is 6.26. The third kappa shape index (κ3) is 3.21. The lowest BCUT2D eigenvalue weighted by Crippen LogP contribution is -2.31. The molecule has 0 atom stereocenters. The molecular weight excluding hydrogens is 248 g/mol. The number of rotatable bonds is 6. The number of carbonyl (C=O) groups excluding carboxylic acids is 1. The van der Waals surface area contributed by atoms with Crippen LogP contribution in [0.3, 0.4) is 0 Å². The van der Waals surface area contributed by atoms with Gasteiger partial charge in [-0.15, -0.1) is 0 Å². The van der Waals surface area contributed by atoms with Gasteiger partial charge < -0.3 is 9.64 Å². The molecule has 0 fully saturated rings. The van der Waals surface area contributed by atoms with Gasteiger partial charge in [-0.1, -0.05) is 6.07 Å². The van der Waals surface area contributed by atoms with E-state index in [0.29, 0.717) is 19.7 Å². The van der Waals surface area contributed by atoms with Gasteiger partial charge in [0, 0.05) is 19.2 Å². The number of hydrogen-bond donors (Lipinski definition) is 0. The average molecular weight is 266 g/mol. The first-order valence-electron chi connectivity index (χ1n) is 6.26. The molecule has 19 heavy (non-hydrogen) atoms. The Morgan fingerprint density at radius 2 is 1.95 bits per heavy atom. The summed E-state index contributed by atoms with van der Waals surface area (Å²) in [7, 11) is 0. The summed E-state index contributed by atoms with van der Waals surface area (Å²) in [6, 6.07) is 4.41. The maximum atomic E-state index is 12.4. The molecule has 0 aromatic heterocycles. The number of hydrogen-bond acceptors (Lipinski definition) is 4. The SMILES string of the molecule is CCOc1cccc([N+](=O)[O-])c1C(=O)N(CC)CC. The number of nitro groups is 1. The van der Waals surface area contributed by atoms with Gasteiger partial charge in [-0.2, -0.15) is 0 Å². The first-order chi connectivity index (χ1) is 9.06. The van der Waals surface area contributed by atoms with Crippen LogP contribution in [0.4, 0.5) is 5.69 Å². The minimum absolute atomic E-state index is 0.0260. The summed E-state index contributed by atoms with van der Waals surface area (Å²) >= 11 is 0. The van der Waals surface area contributed by atoms with E-state index in [4.69, 9.17) is 4.74 Å². The zero-order chi connectivity index (χ0) is 14.4. The molecule has 1 rings (SSSR count). The van der Waals surface area contributed by atoms with Crippen LogP contribution in [-0.4, -0.2) is 35.4 Å². The first kappa shape index (κ1) is 14.9. The zero-order valence-electron chi connectivity index (χ0n) is 11.4. The lowest BCUT2D eigenvalue weighted by molar-refractivity contribution is -0.385. The maximum Gasteiger partial charge on any atom is 0.285 e. The molecule has 0 bridgehead atoms. The lowest BCUT2D eigenvalue weighted by atomic mass is 10.1. The number of benzene rings is 1. The Kier molecular flexibility index (Phi) is 5.29. The molecule has 0 radical (unpaired) electrons. The Morgan fingerprint density at radius 3 is 2.42 bits per heavy atom. The number of nitrogens with zero attached hydrogens (tertiary/aromatic N) is 2. The predicted molar refractivity (Wildman–Crippen MR) is 71.5 cm³/mol. The molecule has 0 N–H and O–H groups in total. The molecule has 1 aromatic carbocycles. The van der Waals surface area contributed by atoms with Crippen molar-refractivity contribution in [1.29, 1.82) is 0 Å². The standard InChI is InChI=1S/C13H18N2O4/c1-4-14(5-2)13(16)12-10(15(17)18)8-7-9-11(12)19-6-3/h7-9H,4-6H2,1-3H3. The van der Waals surface area contributed by atoms with E-state index in [9.17, 15) is 14.9 Å². The van der Waals surface area contributed by atoms with Crippen molar-refractivity contribution in [3.05, 3.63) is 33.9 Å². The molecule has 0 saturated carbocycles. The predicted octanol–water partition coefficient (Wildman–Crippen LogP) is 2.48. The molecular formula is C13H18N2O4. The highest BCUT2D eigenvalue weighted by Crippen LogP contribution is 2.29. The summed E-state index contributed by atoms with van der Waals surface area (Å²) in [5, 5.41) is 11.1. The van der Waals surface area contributed by atoms with E-state index in [-0.39, 0.29) is 22.9 Å². The van der Waals surface area contributed by atoms with E-state index in [1.165, 1.54) is 17.0 Å². The van der Waals surface area contributed by atoms with Gasteiger partial charge in [0.25, 0.3) is 11.6 Å². The van der Waals surface area contributed by atoms with E-state index in [1.54, 1.807) is 13.0 Å². The summed E-state index contributed by atoms with van der Waals surface area (Å²) in [5.41, 5.74) is -0.194. The van der Waals surface area contributed by atoms with Crippen molar-refractivity contribution >= 4 is 11.6 Å². The summed E-state index contributed by atoms with van der Waals surface area (Å²) in [4.78, 5) is 24.4. The summed E-state index contributed by atoms with van der Waals surface area (Å²) < 4.78 is 5.34. The molecule has 104 valence electrons. The number of carbonyl (C=O) groups is 1. The summed E-state index contributed by atoms with van der Waals surface area (Å²) in [6.07, 6.45) is 0. The third-order valence-corrected chi connectivity index (χ3v) is 2.77. The van der Waals surface area contributed by atoms with Crippen LogP contribution in [0.15, 0.2) is 18.2 Å². The fourth-order valence-corrected chi connectivity index (χ4v) is 1.83. The van der Waals surface area contributed by atoms with Crippen LogP contribution in [0.5, 0.6) is 5.75 Å². The van der Waals surface area contributed by atoms with Crippen LogP contribution in [-0.2, 0) is 0 Å². The van der Waals surface area contributed by atoms with Crippen LogP contribution >= 0.6 is 0 Å². The number of ether oxygens (including phenoxy) is 1. The van der Waals surface area contributed by atoms with Crippen molar-refractivity contribution in [2.75, 3.05) is 19.7 Å². The van der Waals surface area contributed by atoms with Gasteiger partial charge >= 0.3 is 0 Å². The Balaban J connectivity index is 3.35. The van der Waals surface area contributed by atoms with Gasteiger partial charge in [0.1, 0.15) is 5.75 Å². The molecule has 0 aliphatic rings. The van der Waals surface area contributed by atoms with E-state index < -0.39 is 4.92 Å². The van der Waals surface area contributed by atoms with Crippen LogP contribution in [0.25, 0.3) is 0 Å². The van der Waals surface area contributed by atoms with Gasteiger partial charge in [0.2, 0.25) is 0 Å². The van der Waals surface area contributed by atoms with Crippen LogP contribution in [0.1, 0.15) is 31.1 Å². The smallest absolute Gasteiger partial charge is 0.285 e. The van der Waals surface area contributed by atoms with Crippen molar-refractivity contribution in [1.82, 2.24) is 4.90 Å². The summed E-state index contributed by atoms with van der Waals surface area (Å²) in [5.74, 6) is -0.116. The molecule has 0 spiro atoms. The minimum Gasteiger partial charge on any atom is -0.493 e. The third-order valence-electron chi connectivity index (χ3n) is 2.77. The van der Waals surface area contributed by atoms with Crippen molar-refractivity contribution in [2.24, 2.45) is 0 Å². The van der Waals surface area contributed by atoms with E-state index >= 15 is 0 Å². The minimum atomic E-state index is -0.556. The highest BCUT2D eigenvalue weighted by Gasteiger charge is 2.27. The Labute approximate surface area is 112 Å². The highest BCUT2D eigenvalue weighted by molar-refractivity contribution is 6.00. The molecule has 0 saturated heterocycles. The monoisotopic (exact) mass is 266 g/mol. The zero-order valence-corrected chi connectivity index (χ0v) is 11.4. The van der Waals surface area contributed by atoms with Crippen LogP contribution in [0.2, 0.25) is 0 Å². The highest BCUT2D eigenvalue weighted by atomic mass is 16.6. The average Bonchev–Trinajstić information content (AvgIpc) is 2.40. The Hall–Kier alpha value is -2.11. The van der Waals surface area contributed by atoms with E-state index in [1.807, 2.05) is 13.8 Å². The second kappa shape index (κ2) is 6.72. The molecule has 6 heteroatoms. The lowest BCUT2D eigenvalue weighted by Gasteiger charge is -2.20. The van der Waals surface area contributed by atoms with E-state index in [0.717, 1.165) is 0 Å². The molecule has 0 aliphatic heterocycles. The quantitative estimate of drug-likeness (QED) is 0.585. The molecule has 0 aliphatic carbocycles. The second-order valence-corrected chi connectivity index (χ2v) is 3.82. The van der Waals surface area contributed by atoms with Crippen molar-refractivity contribution in [2.45, 2.75) is 20.8 Å². The van der Waals surface area contributed by atoms with Crippen molar-refractivity contribution < 1.29 is 14.5 Å². The second-order valence-electron chi connectivity index (χ2n) is 3.82. The van der Waals surface area contributed by atoms with Gasteiger partial charge in [-0.05, 0) is 26.8 Å². The van der Waals surface area contributed by atoms with E-state index in [2.05, 4.69) is 0 Å². The molecule has 1 aromatic rings. The molecule has 0 unspecified atom stereocenters. The van der Waals surface area contributed by atoms with Gasteiger partial charge in [-0.3, -0.25) is 14.9 Å². The van der Waals surface area contributed by atoms with Crippen LogP contribution < -0.4 is 4.74 Å².